The van der Waals surface area contributed by atoms with Crippen molar-refractivity contribution in [2.24, 2.45) is 5.92 Å². The van der Waals surface area contributed by atoms with Gasteiger partial charge in [-0.25, -0.2) is 0 Å². The van der Waals surface area contributed by atoms with Crippen LogP contribution in [0.5, 0.6) is 5.75 Å². The molecule has 0 N–H and O–H groups in total. The molecular formula is C17H24O2S. The molecule has 1 aromatic carbocycles. The minimum absolute atomic E-state index is 0.280. The van der Waals surface area contributed by atoms with Crippen LogP contribution in [0.15, 0.2) is 24.3 Å². The fourth-order valence-corrected chi connectivity index (χ4v) is 3.61. The zero-order valence-corrected chi connectivity index (χ0v) is 13.1. The van der Waals surface area contributed by atoms with Gasteiger partial charge in [0.2, 0.25) is 0 Å². The molecule has 1 aromatic rings. The zero-order chi connectivity index (χ0) is 14.2. The second-order valence-electron chi connectivity index (χ2n) is 5.41. The van der Waals surface area contributed by atoms with Gasteiger partial charge in [-0.05, 0) is 61.0 Å². The second kappa shape index (κ2) is 8.35. The molecule has 110 valence electrons. The van der Waals surface area contributed by atoms with E-state index in [9.17, 15) is 4.79 Å². The maximum Gasteiger partial charge on any atom is 0.163 e. The van der Waals surface area contributed by atoms with Crippen LogP contribution in [0, 0.1) is 5.92 Å². The summed E-state index contributed by atoms with van der Waals surface area (Å²) in [5, 5.41) is 0. The lowest BCUT2D eigenvalue weighted by molar-refractivity contribution is 0.0958. The Balaban J connectivity index is 1.83. The molecule has 1 saturated heterocycles. The molecule has 1 fully saturated rings. The fraction of sp³-hybridized carbons (Fsp3) is 0.588. The smallest absolute Gasteiger partial charge is 0.163 e. The molecule has 0 bridgehead atoms. The highest BCUT2D eigenvalue weighted by Crippen LogP contribution is 2.26. The van der Waals surface area contributed by atoms with Gasteiger partial charge in [-0.2, -0.15) is 11.8 Å². The predicted octanol–water partition coefficient (Wildman–Crippen LogP) is 4.58. The largest absolute Gasteiger partial charge is 0.494 e. The number of ketones is 1. The van der Waals surface area contributed by atoms with Crippen LogP contribution in [0.4, 0.5) is 0 Å². The summed E-state index contributed by atoms with van der Waals surface area (Å²) in [7, 11) is 0. The molecule has 0 spiro atoms. The number of carbonyl (C=O) groups excluding carboxylic acids is 1. The van der Waals surface area contributed by atoms with Crippen LogP contribution < -0.4 is 4.74 Å². The van der Waals surface area contributed by atoms with E-state index in [1.54, 1.807) is 0 Å². The van der Waals surface area contributed by atoms with E-state index in [4.69, 9.17) is 4.74 Å². The second-order valence-corrected chi connectivity index (χ2v) is 6.63. The molecular weight excluding hydrogens is 268 g/mol. The highest BCUT2D eigenvalue weighted by molar-refractivity contribution is 7.99. The van der Waals surface area contributed by atoms with E-state index >= 15 is 0 Å². The maximum absolute atomic E-state index is 12.2. The number of rotatable bonds is 7. The number of thioether (sulfide) groups is 1. The lowest BCUT2D eigenvalue weighted by Gasteiger charge is -2.20. The molecule has 0 radical (unpaired) electrons. The average molecular weight is 292 g/mol. The Kier molecular flexibility index (Phi) is 6.44. The van der Waals surface area contributed by atoms with Crippen LogP contribution in [0.1, 0.15) is 49.4 Å². The van der Waals surface area contributed by atoms with Crippen molar-refractivity contribution < 1.29 is 9.53 Å². The summed E-state index contributed by atoms with van der Waals surface area (Å²) >= 11 is 2.01. The maximum atomic E-state index is 12.2. The van der Waals surface area contributed by atoms with Gasteiger partial charge in [-0.1, -0.05) is 13.3 Å². The van der Waals surface area contributed by atoms with Crippen LogP contribution in [0.25, 0.3) is 0 Å². The van der Waals surface area contributed by atoms with Crippen LogP contribution in [0.2, 0.25) is 0 Å². The molecule has 0 aromatic heterocycles. The van der Waals surface area contributed by atoms with Gasteiger partial charge in [0.05, 0.1) is 6.61 Å². The van der Waals surface area contributed by atoms with Gasteiger partial charge in [0, 0.05) is 12.0 Å². The molecule has 20 heavy (non-hydrogen) atoms. The Morgan fingerprint density at radius 3 is 2.60 bits per heavy atom. The van der Waals surface area contributed by atoms with Crippen LogP contribution >= 0.6 is 11.8 Å². The highest BCUT2D eigenvalue weighted by Gasteiger charge is 2.18. The first kappa shape index (κ1) is 15.4. The number of hydrogen-bond donors (Lipinski definition) is 0. The summed E-state index contributed by atoms with van der Waals surface area (Å²) < 4.78 is 5.62. The summed E-state index contributed by atoms with van der Waals surface area (Å²) in [5.41, 5.74) is 0.825. The van der Waals surface area contributed by atoms with E-state index in [2.05, 4.69) is 6.92 Å². The normalized spacial score (nSPS) is 16.1. The molecule has 1 aliphatic rings. The third-order valence-electron chi connectivity index (χ3n) is 3.76. The van der Waals surface area contributed by atoms with Crippen molar-refractivity contribution >= 4 is 17.5 Å². The molecule has 0 unspecified atom stereocenters. The van der Waals surface area contributed by atoms with Crippen molar-refractivity contribution in [2.75, 3.05) is 18.1 Å². The van der Waals surface area contributed by atoms with Gasteiger partial charge in [-0.3, -0.25) is 4.79 Å². The summed E-state index contributed by atoms with van der Waals surface area (Å²) in [5.74, 6) is 4.15. The fourth-order valence-electron chi connectivity index (χ4n) is 2.40. The monoisotopic (exact) mass is 292 g/mol. The Hall–Kier alpha value is -0.960. The first-order valence-corrected chi connectivity index (χ1v) is 8.79. The average Bonchev–Trinajstić information content (AvgIpc) is 2.49. The van der Waals surface area contributed by atoms with Gasteiger partial charge < -0.3 is 4.74 Å². The van der Waals surface area contributed by atoms with E-state index < -0.39 is 0 Å². The Labute approximate surface area is 126 Å². The first-order valence-electron chi connectivity index (χ1n) is 7.63. The van der Waals surface area contributed by atoms with Crippen LogP contribution in [-0.2, 0) is 0 Å². The third kappa shape index (κ3) is 4.86. The van der Waals surface area contributed by atoms with Crippen LogP contribution in [0.3, 0.4) is 0 Å². The molecule has 1 aliphatic heterocycles. The van der Waals surface area contributed by atoms with Gasteiger partial charge >= 0.3 is 0 Å². The molecule has 2 nitrogen and oxygen atoms in total. The van der Waals surface area contributed by atoms with E-state index in [0.29, 0.717) is 12.3 Å². The standard InChI is InChI=1S/C17H24O2S/c1-2-3-10-19-16-6-4-15(5-7-16)17(18)13-14-8-11-20-12-9-14/h4-7,14H,2-3,8-13H2,1H3. The minimum Gasteiger partial charge on any atom is -0.494 e. The quantitative estimate of drug-likeness (QED) is 0.543. The van der Waals surface area contributed by atoms with E-state index in [1.165, 1.54) is 24.3 Å². The van der Waals surface area contributed by atoms with Gasteiger partial charge in [0.15, 0.2) is 5.78 Å². The topological polar surface area (TPSA) is 26.3 Å². The number of hydrogen-bond acceptors (Lipinski definition) is 3. The summed E-state index contributed by atoms with van der Waals surface area (Å²) in [6.45, 7) is 2.90. The first-order chi connectivity index (χ1) is 9.79. The summed E-state index contributed by atoms with van der Waals surface area (Å²) in [6, 6.07) is 7.64. The van der Waals surface area contributed by atoms with Gasteiger partial charge in [-0.15, -0.1) is 0 Å². The van der Waals surface area contributed by atoms with Crippen molar-refractivity contribution in [1.29, 1.82) is 0 Å². The van der Waals surface area contributed by atoms with E-state index in [-0.39, 0.29) is 5.78 Å². The SMILES string of the molecule is CCCCOc1ccc(C(=O)CC2CCSCC2)cc1. The van der Waals surface area contributed by atoms with Crippen molar-refractivity contribution in [1.82, 2.24) is 0 Å². The lowest BCUT2D eigenvalue weighted by Crippen LogP contribution is -2.14. The summed E-state index contributed by atoms with van der Waals surface area (Å²) in [6.07, 6.45) is 5.29. The molecule has 1 heterocycles. The Morgan fingerprint density at radius 2 is 1.95 bits per heavy atom. The predicted molar refractivity (Wildman–Crippen MR) is 85.8 cm³/mol. The third-order valence-corrected chi connectivity index (χ3v) is 4.81. The molecule has 2 rings (SSSR count). The van der Waals surface area contributed by atoms with Crippen molar-refractivity contribution in [3.05, 3.63) is 29.8 Å². The van der Waals surface area contributed by atoms with E-state index in [0.717, 1.165) is 30.8 Å². The molecule has 0 amide bonds. The van der Waals surface area contributed by atoms with Gasteiger partial charge in [0.1, 0.15) is 5.75 Å². The zero-order valence-electron chi connectivity index (χ0n) is 12.3. The van der Waals surface area contributed by atoms with Gasteiger partial charge in [0.25, 0.3) is 0 Å². The highest BCUT2D eigenvalue weighted by atomic mass is 32.2. The van der Waals surface area contributed by atoms with E-state index in [1.807, 2.05) is 36.0 Å². The number of Topliss-reactive ketones (excluding diaryl/α,β-unsaturated/α-hetero) is 1. The number of benzene rings is 1. The number of unbranched alkanes of at least 4 members (excludes halogenated alkanes) is 1. The van der Waals surface area contributed by atoms with Crippen LogP contribution in [-0.4, -0.2) is 23.9 Å². The number of carbonyl (C=O) groups is 1. The van der Waals surface area contributed by atoms with Crippen molar-refractivity contribution in [2.45, 2.75) is 39.0 Å². The molecule has 0 saturated carbocycles. The molecule has 0 atom stereocenters. The molecule has 3 heteroatoms. The number of ether oxygens (including phenoxy) is 1. The minimum atomic E-state index is 0.280. The Bertz CT molecular complexity index is 408. The van der Waals surface area contributed by atoms with Crippen molar-refractivity contribution in [3.63, 3.8) is 0 Å². The lowest BCUT2D eigenvalue weighted by atomic mass is 9.93. The molecule has 0 aliphatic carbocycles. The summed E-state index contributed by atoms with van der Waals surface area (Å²) in [4.78, 5) is 12.2. The van der Waals surface area contributed by atoms with Crippen molar-refractivity contribution in [3.8, 4) is 5.75 Å². The Morgan fingerprint density at radius 1 is 1.25 bits per heavy atom.